The normalized spacial score (nSPS) is 11.0. The van der Waals surface area contributed by atoms with E-state index in [9.17, 15) is 9.59 Å². The molecule has 0 aliphatic rings. The third-order valence-corrected chi connectivity index (χ3v) is 3.94. The minimum absolute atomic E-state index is 0.117. The highest BCUT2D eigenvalue weighted by Crippen LogP contribution is 2.23. The molecule has 0 unspecified atom stereocenters. The minimum atomic E-state index is -1.34. The van der Waals surface area contributed by atoms with Crippen LogP contribution in [0.4, 0.5) is 0 Å². The lowest BCUT2D eigenvalue weighted by Gasteiger charge is -2.06. The Morgan fingerprint density at radius 2 is 1.71 bits per heavy atom. The van der Waals surface area contributed by atoms with Crippen LogP contribution in [0.25, 0.3) is 11.5 Å². The summed E-state index contributed by atoms with van der Waals surface area (Å²) < 4.78 is 5.70. The Bertz CT molecular complexity index is 704. The van der Waals surface area contributed by atoms with E-state index in [1.165, 1.54) is 0 Å². The van der Waals surface area contributed by atoms with Crippen LogP contribution < -0.4 is 0 Å². The zero-order chi connectivity index (χ0) is 17.7. The summed E-state index contributed by atoms with van der Waals surface area (Å²) in [6, 6.07) is 7.89. The van der Waals surface area contributed by atoms with Crippen LogP contribution in [0.1, 0.15) is 36.3 Å². The number of carbonyl (C=O) groups is 2. The standard InChI is InChI=1S/C18H21NO5/c1-11-7-9-13(10-8-11)16-19-15(12(2)24-16)6-4-3-5-14(17(20)21)18(22)23/h7-10,14H,3-6H2,1-2H3,(H,20,21)(H,22,23). The fourth-order valence-corrected chi connectivity index (χ4v) is 2.47. The lowest BCUT2D eigenvalue weighted by Crippen LogP contribution is -2.23. The molecule has 0 atom stereocenters. The van der Waals surface area contributed by atoms with Crippen LogP contribution in [-0.4, -0.2) is 27.1 Å². The zero-order valence-electron chi connectivity index (χ0n) is 13.8. The molecule has 0 radical (unpaired) electrons. The number of aryl methyl sites for hydroxylation is 3. The van der Waals surface area contributed by atoms with Crippen molar-refractivity contribution in [2.75, 3.05) is 0 Å². The van der Waals surface area contributed by atoms with E-state index in [1.54, 1.807) is 0 Å². The summed E-state index contributed by atoms with van der Waals surface area (Å²) in [6.45, 7) is 3.86. The Morgan fingerprint density at radius 3 is 2.29 bits per heavy atom. The first-order valence-corrected chi connectivity index (χ1v) is 7.87. The fourth-order valence-electron chi connectivity index (χ4n) is 2.47. The van der Waals surface area contributed by atoms with Gasteiger partial charge in [0.1, 0.15) is 5.76 Å². The van der Waals surface area contributed by atoms with E-state index in [0.29, 0.717) is 25.2 Å². The van der Waals surface area contributed by atoms with Crippen LogP contribution in [0.2, 0.25) is 0 Å². The monoisotopic (exact) mass is 331 g/mol. The quantitative estimate of drug-likeness (QED) is 0.567. The summed E-state index contributed by atoms with van der Waals surface area (Å²) in [6.07, 6.45) is 1.92. The fraction of sp³-hybridized carbons (Fsp3) is 0.389. The summed E-state index contributed by atoms with van der Waals surface area (Å²) in [4.78, 5) is 26.2. The number of carboxylic acids is 2. The number of rotatable bonds is 8. The maximum atomic E-state index is 10.8. The molecule has 0 aliphatic carbocycles. The lowest BCUT2D eigenvalue weighted by molar-refractivity contribution is -0.154. The van der Waals surface area contributed by atoms with Gasteiger partial charge in [0.05, 0.1) is 5.69 Å². The molecule has 0 aliphatic heterocycles. The molecular formula is C18H21NO5. The van der Waals surface area contributed by atoms with E-state index in [-0.39, 0.29) is 6.42 Å². The smallest absolute Gasteiger partial charge is 0.317 e. The Kier molecular flexibility index (Phi) is 5.73. The minimum Gasteiger partial charge on any atom is -0.481 e. The van der Waals surface area contributed by atoms with Gasteiger partial charge in [-0.2, -0.15) is 0 Å². The van der Waals surface area contributed by atoms with Gasteiger partial charge in [-0.3, -0.25) is 9.59 Å². The Labute approximate surface area is 140 Å². The van der Waals surface area contributed by atoms with Gasteiger partial charge in [-0.1, -0.05) is 24.1 Å². The number of carboxylic acid groups (broad SMARTS) is 2. The van der Waals surface area contributed by atoms with Crippen molar-refractivity contribution in [3.8, 4) is 11.5 Å². The molecule has 0 amide bonds. The molecule has 2 aromatic rings. The van der Waals surface area contributed by atoms with Crippen molar-refractivity contribution in [2.24, 2.45) is 5.92 Å². The van der Waals surface area contributed by atoms with Crippen molar-refractivity contribution < 1.29 is 24.2 Å². The number of hydrogen-bond acceptors (Lipinski definition) is 4. The molecule has 0 saturated heterocycles. The van der Waals surface area contributed by atoms with Crippen molar-refractivity contribution in [1.29, 1.82) is 0 Å². The number of hydrogen-bond donors (Lipinski definition) is 2. The Hall–Kier alpha value is -2.63. The van der Waals surface area contributed by atoms with Gasteiger partial charge in [0, 0.05) is 5.56 Å². The molecule has 0 bridgehead atoms. The molecular weight excluding hydrogens is 310 g/mol. The van der Waals surface area contributed by atoms with E-state index in [4.69, 9.17) is 14.6 Å². The molecule has 2 rings (SSSR count). The topological polar surface area (TPSA) is 101 Å². The zero-order valence-corrected chi connectivity index (χ0v) is 13.8. The van der Waals surface area contributed by atoms with Gasteiger partial charge in [-0.15, -0.1) is 0 Å². The maximum absolute atomic E-state index is 10.8. The maximum Gasteiger partial charge on any atom is 0.317 e. The van der Waals surface area contributed by atoms with Crippen LogP contribution in [-0.2, 0) is 16.0 Å². The summed E-state index contributed by atoms with van der Waals surface area (Å²) in [5.41, 5.74) is 2.90. The molecule has 0 fully saturated rings. The summed E-state index contributed by atoms with van der Waals surface area (Å²) in [5.74, 6) is -2.62. The average molecular weight is 331 g/mol. The van der Waals surface area contributed by atoms with Crippen LogP contribution >= 0.6 is 0 Å². The number of aromatic nitrogens is 1. The van der Waals surface area contributed by atoms with Crippen molar-refractivity contribution >= 4 is 11.9 Å². The third kappa shape index (κ3) is 4.44. The molecule has 1 aromatic heterocycles. The first kappa shape index (κ1) is 17.7. The average Bonchev–Trinajstić information content (AvgIpc) is 2.88. The second-order valence-electron chi connectivity index (χ2n) is 5.86. The molecule has 0 spiro atoms. The van der Waals surface area contributed by atoms with E-state index in [0.717, 1.165) is 22.6 Å². The van der Waals surface area contributed by atoms with Crippen molar-refractivity contribution in [2.45, 2.75) is 39.5 Å². The highest BCUT2D eigenvalue weighted by Gasteiger charge is 2.24. The van der Waals surface area contributed by atoms with E-state index >= 15 is 0 Å². The van der Waals surface area contributed by atoms with Gasteiger partial charge in [0.25, 0.3) is 0 Å². The molecule has 2 N–H and O–H groups in total. The molecule has 128 valence electrons. The van der Waals surface area contributed by atoms with Gasteiger partial charge >= 0.3 is 11.9 Å². The van der Waals surface area contributed by atoms with E-state index < -0.39 is 17.9 Å². The van der Waals surface area contributed by atoms with Crippen molar-refractivity contribution in [3.63, 3.8) is 0 Å². The van der Waals surface area contributed by atoms with Gasteiger partial charge in [-0.05, 0) is 45.2 Å². The number of benzene rings is 1. The molecule has 0 saturated carbocycles. The first-order chi connectivity index (χ1) is 11.4. The molecule has 24 heavy (non-hydrogen) atoms. The largest absolute Gasteiger partial charge is 0.481 e. The van der Waals surface area contributed by atoms with E-state index in [2.05, 4.69) is 4.98 Å². The van der Waals surface area contributed by atoms with Gasteiger partial charge in [0.2, 0.25) is 5.89 Å². The van der Waals surface area contributed by atoms with Crippen LogP contribution in [0.5, 0.6) is 0 Å². The number of unbranched alkanes of at least 4 members (excludes halogenated alkanes) is 1. The van der Waals surface area contributed by atoms with Gasteiger partial charge in [0.15, 0.2) is 5.92 Å². The molecule has 6 nitrogen and oxygen atoms in total. The molecule has 1 aromatic carbocycles. The second-order valence-corrected chi connectivity index (χ2v) is 5.86. The van der Waals surface area contributed by atoms with Crippen LogP contribution in [0.3, 0.4) is 0 Å². The lowest BCUT2D eigenvalue weighted by atomic mass is 10.0. The number of nitrogens with zero attached hydrogens (tertiary/aromatic N) is 1. The van der Waals surface area contributed by atoms with Crippen molar-refractivity contribution in [1.82, 2.24) is 4.98 Å². The number of aliphatic carboxylic acids is 2. The number of oxazole rings is 1. The van der Waals surface area contributed by atoms with Crippen LogP contribution in [0, 0.1) is 19.8 Å². The Morgan fingerprint density at radius 1 is 1.08 bits per heavy atom. The molecule has 1 heterocycles. The summed E-state index contributed by atoms with van der Waals surface area (Å²) >= 11 is 0. The Balaban J connectivity index is 1.93. The summed E-state index contributed by atoms with van der Waals surface area (Å²) in [5, 5.41) is 17.7. The predicted molar refractivity (Wildman–Crippen MR) is 87.7 cm³/mol. The van der Waals surface area contributed by atoms with Gasteiger partial charge < -0.3 is 14.6 Å². The van der Waals surface area contributed by atoms with Gasteiger partial charge in [-0.25, -0.2) is 4.98 Å². The highest BCUT2D eigenvalue weighted by atomic mass is 16.4. The van der Waals surface area contributed by atoms with Crippen LogP contribution in [0.15, 0.2) is 28.7 Å². The summed E-state index contributed by atoms with van der Waals surface area (Å²) in [7, 11) is 0. The SMILES string of the molecule is Cc1ccc(-c2nc(CCCCC(C(=O)O)C(=O)O)c(C)o2)cc1. The van der Waals surface area contributed by atoms with E-state index in [1.807, 2.05) is 38.1 Å². The second kappa shape index (κ2) is 7.77. The third-order valence-electron chi connectivity index (χ3n) is 3.94. The van der Waals surface area contributed by atoms with Crippen molar-refractivity contribution in [3.05, 3.63) is 41.3 Å². The molecule has 6 heteroatoms. The highest BCUT2D eigenvalue weighted by molar-refractivity contribution is 5.92. The first-order valence-electron chi connectivity index (χ1n) is 7.87. The predicted octanol–water partition coefficient (Wildman–Crippen LogP) is 3.46.